The van der Waals surface area contributed by atoms with Gasteiger partial charge in [0.25, 0.3) is 0 Å². The number of likely N-dealkylation sites (tertiary alicyclic amines) is 1. The molecule has 5 heteroatoms. The van der Waals surface area contributed by atoms with E-state index in [0.717, 1.165) is 71.6 Å². The molecule has 0 aromatic rings. The smallest absolute Gasteiger partial charge is 0.236 e. The number of amides is 1. The fourth-order valence-electron chi connectivity index (χ4n) is 2.96. The summed E-state index contributed by atoms with van der Waals surface area (Å²) in [5.74, 6) is 0.282. The Labute approximate surface area is 122 Å². The van der Waals surface area contributed by atoms with E-state index in [-0.39, 0.29) is 5.91 Å². The summed E-state index contributed by atoms with van der Waals surface area (Å²) in [6.45, 7) is 9.18. The number of rotatable bonds is 5. The third-order valence-electron chi connectivity index (χ3n) is 4.07. The van der Waals surface area contributed by atoms with E-state index in [2.05, 4.69) is 17.1 Å². The lowest BCUT2D eigenvalue weighted by Gasteiger charge is -2.33. The maximum atomic E-state index is 12.4. The molecule has 20 heavy (non-hydrogen) atoms. The zero-order valence-electron chi connectivity index (χ0n) is 12.8. The highest BCUT2D eigenvalue weighted by Gasteiger charge is 2.24. The third kappa shape index (κ3) is 5.04. The van der Waals surface area contributed by atoms with Crippen LogP contribution < -0.4 is 5.32 Å². The van der Waals surface area contributed by atoms with Crippen LogP contribution in [0.2, 0.25) is 0 Å². The van der Waals surface area contributed by atoms with Gasteiger partial charge in [0.1, 0.15) is 0 Å². The highest BCUT2D eigenvalue weighted by atomic mass is 16.5. The molecule has 2 rings (SSSR count). The number of carbonyl (C=O) groups is 1. The fourth-order valence-corrected chi connectivity index (χ4v) is 2.96. The van der Waals surface area contributed by atoms with E-state index in [9.17, 15) is 4.79 Å². The first kappa shape index (κ1) is 15.7. The normalized spacial score (nSPS) is 25.4. The van der Waals surface area contributed by atoms with Gasteiger partial charge in [0, 0.05) is 32.8 Å². The number of nitrogens with one attached hydrogen (secondary N) is 1. The third-order valence-corrected chi connectivity index (χ3v) is 4.07. The zero-order valence-corrected chi connectivity index (χ0v) is 12.8. The second kappa shape index (κ2) is 8.60. The van der Waals surface area contributed by atoms with Crippen LogP contribution in [-0.4, -0.2) is 74.2 Å². The van der Waals surface area contributed by atoms with Crippen LogP contribution in [0.25, 0.3) is 0 Å². The molecular weight excluding hydrogens is 254 g/mol. The highest BCUT2D eigenvalue weighted by molar-refractivity contribution is 5.78. The second-order valence-corrected chi connectivity index (χ2v) is 5.85. The Morgan fingerprint density at radius 1 is 1.25 bits per heavy atom. The van der Waals surface area contributed by atoms with Gasteiger partial charge in [-0.1, -0.05) is 6.92 Å². The molecule has 2 heterocycles. The molecular formula is C15H29N3O2. The van der Waals surface area contributed by atoms with Crippen LogP contribution in [0, 0.1) is 0 Å². The first-order valence-corrected chi connectivity index (χ1v) is 8.12. The Kier molecular flexibility index (Phi) is 6.76. The van der Waals surface area contributed by atoms with E-state index in [1.54, 1.807) is 0 Å². The summed E-state index contributed by atoms with van der Waals surface area (Å²) in [6.07, 6.45) is 4.73. The quantitative estimate of drug-likeness (QED) is 0.807. The Balaban J connectivity index is 1.74. The molecule has 0 aliphatic carbocycles. The molecule has 5 nitrogen and oxygen atoms in total. The SMILES string of the molecule is CCCOC1CCCN(CC(=O)N2CCCNCC2)C1. The van der Waals surface area contributed by atoms with E-state index in [1.165, 1.54) is 0 Å². The predicted molar refractivity (Wildman–Crippen MR) is 79.8 cm³/mol. The molecule has 2 fully saturated rings. The molecule has 0 radical (unpaired) electrons. The maximum absolute atomic E-state index is 12.4. The number of nitrogens with zero attached hydrogens (tertiary/aromatic N) is 2. The van der Waals surface area contributed by atoms with Gasteiger partial charge in [-0.05, 0) is 38.8 Å². The lowest BCUT2D eigenvalue weighted by molar-refractivity contribution is -0.133. The Morgan fingerprint density at radius 2 is 2.15 bits per heavy atom. The van der Waals surface area contributed by atoms with Crippen LogP contribution in [0.5, 0.6) is 0 Å². The fraction of sp³-hybridized carbons (Fsp3) is 0.933. The molecule has 1 amide bonds. The molecule has 1 atom stereocenters. The van der Waals surface area contributed by atoms with Crippen LogP contribution in [0.4, 0.5) is 0 Å². The van der Waals surface area contributed by atoms with Crippen LogP contribution in [0.3, 0.4) is 0 Å². The number of hydrogen-bond donors (Lipinski definition) is 1. The van der Waals surface area contributed by atoms with Crippen LogP contribution in [0.15, 0.2) is 0 Å². The average Bonchev–Trinajstić information content (AvgIpc) is 2.74. The first-order valence-electron chi connectivity index (χ1n) is 8.12. The van der Waals surface area contributed by atoms with E-state index in [1.807, 2.05) is 4.90 Å². The summed E-state index contributed by atoms with van der Waals surface area (Å²) < 4.78 is 5.83. The van der Waals surface area contributed by atoms with Gasteiger partial charge >= 0.3 is 0 Å². The van der Waals surface area contributed by atoms with Crippen molar-refractivity contribution in [2.24, 2.45) is 0 Å². The van der Waals surface area contributed by atoms with Gasteiger partial charge in [-0.2, -0.15) is 0 Å². The molecule has 1 unspecified atom stereocenters. The summed E-state index contributed by atoms with van der Waals surface area (Å²) >= 11 is 0. The zero-order chi connectivity index (χ0) is 14.2. The Hall–Kier alpha value is -0.650. The Morgan fingerprint density at radius 3 is 3.00 bits per heavy atom. The minimum Gasteiger partial charge on any atom is -0.377 e. The molecule has 0 spiro atoms. The summed E-state index contributed by atoms with van der Waals surface area (Å²) in [7, 11) is 0. The van der Waals surface area contributed by atoms with Crippen molar-refractivity contribution in [1.29, 1.82) is 0 Å². The van der Waals surface area contributed by atoms with Gasteiger partial charge in [0.15, 0.2) is 0 Å². The van der Waals surface area contributed by atoms with Crippen molar-refractivity contribution in [3.8, 4) is 0 Å². The van der Waals surface area contributed by atoms with Gasteiger partial charge in [0.2, 0.25) is 5.91 Å². The molecule has 0 bridgehead atoms. The minimum absolute atomic E-state index is 0.282. The first-order chi connectivity index (χ1) is 9.79. The van der Waals surface area contributed by atoms with Gasteiger partial charge in [-0.3, -0.25) is 9.69 Å². The molecule has 0 aromatic carbocycles. The second-order valence-electron chi connectivity index (χ2n) is 5.85. The van der Waals surface area contributed by atoms with E-state index < -0.39 is 0 Å². The van der Waals surface area contributed by atoms with Crippen LogP contribution in [0.1, 0.15) is 32.6 Å². The van der Waals surface area contributed by atoms with Gasteiger partial charge in [0.05, 0.1) is 12.6 Å². The number of carbonyl (C=O) groups excluding carboxylic acids is 1. The van der Waals surface area contributed by atoms with Gasteiger partial charge in [-0.15, -0.1) is 0 Å². The number of piperidine rings is 1. The monoisotopic (exact) mass is 283 g/mol. The largest absolute Gasteiger partial charge is 0.377 e. The van der Waals surface area contributed by atoms with Crippen molar-refractivity contribution < 1.29 is 9.53 Å². The topological polar surface area (TPSA) is 44.8 Å². The molecule has 0 saturated carbocycles. The van der Waals surface area contributed by atoms with Gasteiger partial charge < -0.3 is 15.0 Å². The lowest BCUT2D eigenvalue weighted by Crippen LogP contribution is -2.46. The lowest BCUT2D eigenvalue weighted by atomic mass is 10.1. The summed E-state index contributed by atoms with van der Waals surface area (Å²) in [6, 6.07) is 0. The molecule has 0 aromatic heterocycles. The molecule has 2 aliphatic heterocycles. The Bertz CT molecular complexity index is 291. The van der Waals surface area contributed by atoms with Crippen molar-refractivity contribution in [3.63, 3.8) is 0 Å². The van der Waals surface area contributed by atoms with Crippen molar-refractivity contribution in [3.05, 3.63) is 0 Å². The standard InChI is InChI=1S/C15H29N3O2/c1-2-11-20-14-5-3-8-17(12-14)13-15(19)18-9-4-6-16-7-10-18/h14,16H,2-13H2,1H3. The summed E-state index contributed by atoms with van der Waals surface area (Å²) in [4.78, 5) is 16.6. The molecule has 2 saturated heterocycles. The minimum atomic E-state index is 0.282. The van der Waals surface area contributed by atoms with E-state index in [4.69, 9.17) is 4.74 Å². The highest BCUT2D eigenvalue weighted by Crippen LogP contribution is 2.13. The maximum Gasteiger partial charge on any atom is 0.236 e. The number of ether oxygens (including phenoxy) is 1. The molecule has 1 N–H and O–H groups in total. The van der Waals surface area contributed by atoms with Crippen LogP contribution in [-0.2, 0) is 9.53 Å². The van der Waals surface area contributed by atoms with Gasteiger partial charge in [-0.25, -0.2) is 0 Å². The van der Waals surface area contributed by atoms with E-state index >= 15 is 0 Å². The average molecular weight is 283 g/mol. The summed E-state index contributed by atoms with van der Waals surface area (Å²) in [5, 5.41) is 3.34. The molecule has 2 aliphatic rings. The summed E-state index contributed by atoms with van der Waals surface area (Å²) in [5.41, 5.74) is 0. The van der Waals surface area contributed by atoms with Crippen molar-refractivity contribution in [1.82, 2.24) is 15.1 Å². The van der Waals surface area contributed by atoms with Crippen molar-refractivity contribution >= 4 is 5.91 Å². The molecule has 116 valence electrons. The predicted octanol–water partition coefficient (Wildman–Crippen LogP) is 0.699. The van der Waals surface area contributed by atoms with Crippen molar-refractivity contribution in [2.75, 3.05) is 52.4 Å². The van der Waals surface area contributed by atoms with E-state index in [0.29, 0.717) is 12.6 Å². The number of hydrogen-bond acceptors (Lipinski definition) is 4. The van der Waals surface area contributed by atoms with Crippen LogP contribution >= 0.6 is 0 Å². The van der Waals surface area contributed by atoms with Crippen molar-refractivity contribution in [2.45, 2.75) is 38.7 Å².